The highest BCUT2D eigenvalue weighted by Gasteiger charge is 2.14. The highest BCUT2D eigenvalue weighted by molar-refractivity contribution is 7.22. The highest BCUT2D eigenvalue weighted by Crippen LogP contribution is 2.29. The van der Waals surface area contributed by atoms with Crippen molar-refractivity contribution < 1.29 is 19.1 Å². The second-order valence-electron chi connectivity index (χ2n) is 5.23. The smallest absolute Gasteiger partial charge is 0.337 e. The molecule has 1 amide bonds. The summed E-state index contributed by atoms with van der Waals surface area (Å²) < 4.78 is 10.8. The maximum absolute atomic E-state index is 12.4. The van der Waals surface area contributed by atoms with Crippen LogP contribution in [0.25, 0.3) is 10.2 Å². The van der Waals surface area contributed by atoms with Gasteiger partial charge in [-0.25, -0.2) is 9.78 Å². The van der Waals surface area contributed by atoms with E-state index in [0.29, 0.717) is 39.2 Å². The number of fused-ring (bicyclic) bond motifs is 1. The Morgan fingerprint density at radius 3 is 2.65 bits per heavy atom. The number of anilines is 1. The molecule has 0 atom stereocenters. The third-order valence-corrected chi connectivity index (χ3v) is 4.75. The van der Waals surface area contributed by atoms with E-state index >= 15 is 0 Å². The number of hydrogen-bond donors (Lipinski definition) is 1. The number of halogens is 1. The molecular weight excluding hydrogens is 376 g/mol. The summed E-state index contributed by atoms with van der Waals surface area (Å²) in [5.74, 6) is -0.224. The number of thiazole rings is 1. The molecule has 0 saturated carbocycles. The van der Waals surface area contributed by atoms with Crippen LogP contribution < -0.4 is 10.1 Å². The number of ether oxygens (including phenoxy) is 2. The summed E-state index contributed by atoms with van der Waals surface area (Å²) >= 11 is 7.39. The van der Waals surface area contributed by atoms with Gasteiger partial charge < -0.3 is 9.47 Å². The average molecular weight is 391 g/mol. The van der Waals surface area contributed by atoms with Crippen molar-refractivity contribution in [3.63, 3.8) is 0 Å². The molecule has 0 radical (unpaired) electrons. The van der Waals surface area contributed by atoms with Crippen LogP contribution in [-0.2, 0) is 4.74 Å². The summed E-state index contributed by atoms with van der Waals surface area (Å²) in [5.41, 5.74) is 1.51. The van der Waals surface area contributed by atoms with E-state index in [-0.39, 0.29) is 5.91 Å². The van der Waals surface area contributed by atoms with Gasteiger partial charge in [0, 0.05) is 5.56 Å². The van der Waals surface area contributed by atoms with E-state index in [4.69, 9.17) is 21.1 Å². The van der Waals surface area contributed by atoms with E-state index in [1.807, 2.05) is 6.92 Å². The van der Waals surface area contributed by atoms with E-state index in [9.17, 15) is 9.59 Å². The number of carbonyl (C=O) groups is 2. The van der Waals surface area contributed by atoms with Crippen molar-refractivity contribution in [2.75, 3.05) is 19.0 Å². The lowest BCUT2D eigenvalue weighted by atomic mass is 10.2. The summed E-state index contributed by atoms with van der Waals surface area (Å²) in [5, 5.41) is 3.54. The largest absolute Gasteiger partial charge is 0.492 e. The average Bonchev–Trinajstić information content (AvgIpc) is 3.04. The molecule has 0 fully saturated rings. The number of rotatable bonds is 5. The maximum Gasteiger partial charge on any atom is 0.337 e. The van der Waals surface area contributed by atoms with Gasteiger partial charge in [-0.3, -0.25) is 10.1 Å². The zero-order valence-electron chi connectivity index (χ0n) is 14.0. The monoisotopic (exact) mass is 390 g/mol. The number of carbonyl (C=O) groups excluding carboxylic acids is 2. The number of aromatic nitrogens is 1. The molecule has 0 aliphatic carbocycles. The Bertz CT molecular complexity index is 986. The van der Waals surface area contributed by atoms with E-state index in [1.54, 1.807) is 36.4 Å². The third-order valence-electron chi connectivity index (χ3n) is 3.52. The molecule has 0 unspecified atom stereocenters. The molecule has 0 bridgehead atoms. The Morgan fingerprint density at radius 2 is 1.96 bits per heavy atom. The molecule has 2 aromatic carbocycles. The summed E-state index contributed by atoms with van der Waals surface area (Å²) in [4.78, 5) is 28.4. The van der Waals surface area contributed by atoms with Crippen molar-refractivity contribution >= 4 is 50.2 Å². The third kappa shape index (κ3) is 3.79. The zero-order valence-corrected chi connectivity index (χ0v) is 15.6. The minimum Gasteiger partial charge on any atom is -0.492 e. The van der Waals surface area contributed by atoms with Gasteiger partial charge >= 0.3 is 5.97 Å². The molecule has 1 heterocycles. The van der Waals surface area contributed by atoms with E-state index in [2.05, 4.69) is 10.3 Å². The first-order valence-electron chi connectivity index (χ1n) is 7.74. The highest BCUT2D eigenvalue weighted by atomic mass is 35.5. The first-order chi connectivity index (χ1) is 12.5. The van der Waals surface area contributed by atoms with Gasteiger partial charge in [0.25, 0.3) is 5.91 Å². The van der Waals surface area contributed by atoms with Gasteiger partial charge in [-0.1, -0.05) is 22.9 Å². The standard InChI is InChI=1S/C18H15ClN2O4S/c1-3-25-14-7-5-10(8-12(14)19)16(22)21-18-20-13-6-4-11(17(23)24-2)9-15(13)26-18/h4-9H,3H2,1-2H3,(H,20,21,22). The first-order valence-corrected chi connectivity index (χ1v) is 8.94. The Morgan fingerprint density at radius 1 is 1.19 bits per heavy atom. The molecule has 3 aromatic rings. The lowest BCUT2D eigenvalue weighted by Crippen LogP contribution is -2.11. The molecule has 0 aliphatic heterocycles. The molecule has 26 heavy (non-hydrogen) atoms. The Balaban J connectivity index is 1.81. The second kappa shape index (κ2) is 7.72. The van der Waals surface area contributed by atoms with E-state index in [1.165, 1.54) is 18.4 Å². The minimum atomic E-state index is -0.421. The fourth-order valence-electron chi connectivity index (χ4n) is 2.31. The number of nitrogens with zero attached hydrogens (tertiary/aromatic N) is 1. The molecule has 8 heteroatoms. The number of methoxy groups -OCH3 is 1. The summed E-state index contributed by atoms with van der Waals surface area (Å²) in [6.45, 7) is 2.35. The minimum absolute atomic E-state index is 0.331. The normalized spacial score (nSPS) is 10.6. The van der Waals surface area contributed by atoms with Crippen molar-refractivity contribution in [3.05, 3.63) is 52.5 Å². The van der Waals surface area contributed by atoms with Crippen LogP contribution >= 0.6 is 22.9 Å². The van der Waals surface area contributed by atoms with Gasteiger partial charge in [0.15, 0.2) is 5.13 Å². The Labute approximate surface area is 158 Å². The molecule has 6 nitrogen and oxygen atoms in total. The molecule has 134 valence electrons. The van der Waals surface area contributed by atoms with Gasteiger partial charge in [-0.05, 0) is 43.3 Å². The number of benzene rings is 2. The van der Waals surface area contributed by atoms with E-state index < -0.39 is 5.97 Å². The van der Waals surface area contributed by atoms with Crippen LogP contribution in [-0.4, -0.2) is 30.6 Å². The lowest BCUT2D eigenvalue weighted by molar-refractivity contribution is 0.0601. The maximum atomic E-state index is 12.4. The van der Waals surface area contributed by atoms with Gasteiger partial charge in [-0.2, -0.15) is 0 Å². The number of esters is 1. The molecule has 1 aromatic heterocycles. The summed E-state index contributed by atoms with van der Waals surface area (Å²) in [6, 6.07) is 9.86. The zero-order chi connectivity index (χ0) is 18.7. The van der Waals surface area contributed by atoms with Crippen LogP contribution in [0.15, 0.2) is 36.4 Å². The van der Waals surface area contributed by atoms with Crippen molar-refractivity contribution in [2.45, 2.75) is 6.92 Å². The fourth-order valence-corrected chi connectivity index (χ4v) is 3.44. The topological polar surface area (TPSA) is 77.5 Å². The predicted octanol–water partition coefficient (Wildman–Crippen LogP) is 4.39. The van der Waals surface area contributed by atoms with Crippen LogP contribution in [0.1, 0.15) is 27.6 Å². The van der Waals surface area contributed by atoms with Crippen LogP contribution in [0.4, 0.5) is 5.13 Å². The van der Waals surface area contributed by atoms with Crippen molar-refractivity contribution in [2.24, 2.45) is 0 Å². The van der Waals surface area contributed by atoms with Crippen LogP contribution in [0, 0.1) is 0 Å². The van der Waals surface area contributed by atoms with Crippen molar-refractivity contribution in [3.8, 4) is 5.75 Å². The Hall–Kier alpha value is -2.64. The molecular formula is C18H15ClN2O4S. The first kappa shape index (κ1) is 18.2. The molecule has 3 rings (SSSR count). The number of amides is 1. The second-order valence-corrected chi connectivity index (χ2v) is 6.66. The quantitative estimate of drug-likeness (QED) is 0.654. The van der Waals surface area contributed by atoms with Crippen LogP contribution in [0.3, 0.4) is 0 Å². The van der Waals surface area contributed by atoms with Gasteiger partial charge in [0.2, 0.25) is 0 Å². The molecule has 0 aliphatic rings. The van der Waals surface area contributed by atoms with Gasteiger partial charge in [0.1, 0.15) is 5.75 Å². The predicted molar refractivity (Wildman–Crippen MR) is 102 cm³/mol. The van der Waals surface area contributed by atoms with Crippen molar-refractivity contribution in [1.29, 1.82) is 0 Å². The van der Waals surface area contributed by atoms with Crippen LogP contribution in [0.2, 0.25) is 5.02 Å². The number of nitrogens with one attached hydrogen (secondary N) is 1. The van der Waals surface area contributed by atoms with Gasteiger partial charge in [0.05, 0.1) is 34.5 Å². The fraction of sp³-hybridized carbons (Fsp3) is 0.167. The SMILES string of the molecule is CCOc1ccc(C(=O)Nc2nc3ccc(C(=O)OC)cc3s2)cc1Cl. The molecule has 1 N–H and O–H groups in total. The summed E-state index contributed by atoms with van der Waals surface area (Å²) in [7, 11) is 1.33. The lowest BCUT2D eigenvalue weighted by Gasteiger charge is -2.07. The van der Waals surface area contributed by atoms with E-state index in [0.717, 1.165) is 4.70 Å². The molecule has 0 spiro atoms. The van der Waals surface area contributed by atoms with Crippen LogP contribution in [0.5, 0.6) is 5.75 Å². The number of hydrogen-bond acceptors (Lipinski definition) is 6. The summed E-state index contributed by atoms with van der Waals surface area (Å²) in [6.07, 6.45) is 0. The van der Waals surface area contributed by atoms with Gasteiger partial charge in [-0.15, -0.1) is 0 Å². The Kier molecular flexibility index (Phi) is 5.39. The molecule has 0 saturated heterocycles. The van der Waals surface area contributed by atoms with Crippen molar-refractivity contribution in [1.82, 2.24) is 4.98 Å².